The predicted octanol–water partition coefficient (Wildman–Crippen LogP) is 1.68. The largest absolute Gasteiger partial charge is 0.395 e. The maximum atomic E-state index is 9.56. The molecular weight excluding hydrogens is 278 g/mol. The van der Waals surface area contributed by atoms with E-state index in [1.807, 2.05) is 16.9 Å². The van der Waals surface area contributed by atoms with Crippen molar-refractivity contribution in [3.8, 4) is 5.69 Å². The van der Waals surface area contributed by atoms with Crippen molar-refractivity contribution in [2.24, 2.45) is 0 Å². The van der Waals surface area contributed by atoms with Crippen LogP contribution in [0.3, 0.4) is 0 Å². The molecule has 1 aliphatic rings. The molecule has 0 unspecified atom stereocenters. The number of rotatable bonds is 4. The number of aliphatic hydroxyl groups is 1. The first-order valence-corrected chi connectivity index (χ1v) is 7.72. The minimum atomic E-state index is 0.0695. The van der Waals surface area contributed by atoms with E-state index in [9.17, 15) is 5.11 Å². The minimum Gasteiger partial charge on any atom is -0.395 e. The van der Waals surface area contributed by atoms with Crippen molar-refractivity contribution in [2.45, 2.75) is 26.4 Å². The van der Waals surface area contributed by atoms with Crippen LogP contribution in [-0.4, -0.2) is 52.2 Å². The van der Waals surface area contributed by atoms with Crippen LogP contribution in [0.2, 0.25) is 0 Å². The van der Waals surface area contributed by atoms with Crippen LogP contribution in [0.5, 0.6) is 0 Å². The lowest BCUT2D eigenvalue weighted by atomic mass is 10.0. The molecule has 0 aliphatic carbocycles. The molecule has 2 heterocycles. The van der Waals surface area contributed by atoms with Crippen molar-refractivity contribution >= 4 is 0 Å². The van der Waals surface area contributed by atoms with Gasteiger partial charge >= 0.3 is 0 Å². The van der Waals surface area contributed by atoms with Crippen molar-refractivity contribution < 1.29 is 9.84 Å². The highest BCUT2D eigenvalue weighted by atomic mass is 16.5. The van der Waals surface area contributed by atoms with Gasteiger partial charge in [-0.15, -0.1) is 0 Å². The lowest BCUT2D eigenvalue weighted by Gasteiger charge is -2.35. The summed E-state index contributed by atoms with van der Waals surface area (Å²) in [6.07, 6.45) is 3.78. The summed E-state index contributed by atoms with van der Waals surface area (Å²) in [5, 5.41) is 14.0. The Kier molecular flexibility index (Phi) is 4.57. The predicted molar refractivity (Wildman–Crippen MR) is 85.1 cm³/mol. The van der Waals surface area contributed by atoms with E-state index in [2.05, 4.69) is 36.0 Å². The maximum absolute atomic E-state index is 9.56. The van der Waals surface area contributed by atoms with Crippen molar-refractivity contribution in [1.29, 1.82) is 0 Å². The van der Waals surface area contributed by atoms with Gasteiger partial charge in [0.25, 0.3) is 0 Å². The quantitative estimate of drug-likeness (QED) is 0.933. The van der Waals surface area contributed by atoms with Crippen LogP contribution in [0.4, 0.5) is 0 Å². The number of aliphatic hydroxyl groups excluding tert-OH is 1. The zero-order valence-electron chi connectivity index (χ0n) is 13.2. The summed E-state index contributed by atoms with van der Waals surface area (Å²) in [5.41, 5.74) is 4.84. The second-order valence-electron chi connectivity index (χ2n) is 5.92. The number of morpholine rings is 1. The van der Waals surface area contributed by atoms with E-state index in [-0.39, 0.29) is 12.6 Å². The summed E-state index contributed by atoms with van der Waals surface area (Å²) in [7, 11) is 0. The highest BCUT2D eigenvalue weighted by Crippen LogP contribution is 2.24. The average molecular weight is 301 g/mol. The summed E-state index contributed by atoms with van der Waals surface area (Å²) < 4.78 is 7.40. The average Bonchev–Trinajstić information content (AvgIpc) is 3.01. The second-order valence-corrected chi connectivity index (χ2v) is 5.92. The summed E-state index contributed by atoms with van der Waals surface area (Å²) in [6, 6.07) is 6.41. The Morgan fingerprint density at radius 3 is 2.95 bits per heavy atom. The van der Waals surface area contributed by atoms with Gasteiger partial charge in [-0.1, -0.05) is 17.7 Å². The van der Waals surface area contributed by atoms with Gasteiger partial charge in [-0.3, -0.25) is 4.90 Å². The molecule has 1 aliphatic heterocycles. The van der Waals surface area contributed by atoms with E-state index >= 15 is 0 Å². The molecule has 0 radical (unpaired) electrons. The molecule has 3 rings (SSSR count). The molecule has 1 aromatic carbocycles. The van der Waals surface area contributed by atoms with E-state index in [0.717, 1.165) is 25.4 Å². The fourth-order valence-corrected chi connectivity index (χ4v) is 3.18. The Morgan fingerprint density at radius 2 is 2.23 bits per heavy atom. The van der Waals surface area contributed by atoms with Crippen LogP contribution in [0.1, 0.15) is 16.7 Å². The molecule has 22 heavy (non-hydrogen) atoms. The van der Waals surface area contributed by atoms with Crippen LogP contribution >= 0.6 is 0 Å². The minimum absolute atomic E-state index is 0.0695. The normalized spacial score (nSPS) is 19.5. The zero-order chi connectivity index (χ0) is 15.5. The number of ether oxygens (including phenoxy) is 1. The Hall–Kier alpha value is -1.69. The molecule has 1 saturated heterocycles. The van der Waals surface area contributed by atoms with Crippen LogP contribution in [0, 0.1) is 13.8 Å². The molecule has 0 bridgehead atoms. The van der Waals surface area contributed by atoms with Gasteiger partial charge in [0.05, 0.1) is 31.5 Å². The Balaban J connectivity index is 1.95. The van der Waals surface area contributed by atoms with Gasteiger partial charge in [0, 0.05) is 25.5 Å². The monoisotopic (exact) mass is 301 g/mol. The lowest BCUT2D eigenvalue weighted by Crippen LogP contribution is -2.47. The van der Waals surface area contributed by atoms with E-state index in [4.69, 9.17) is 4.74 Å². The number of hydrogen-bond donors (Lipinski definition) is 1. The first-order chi connectivity index (χ1) is 10.7. The van der Waals surface area contributed by atoms with Gasteiger partial charge in [0.1, 0.15) is 0 Å². The molecule has 1 fully saturated rings. The lowest BCUT2D eigenvalue weighted by molar-refractivity contribution is -0.0312. The SMILES string of the molecule is Cc1cc(C)c(-n2cccn2)c(CN2CCOC[C@@H]2CO)c1. The third-order valence-corrected chi connectivity index (χ3v) is 4.19. The van der Waals surface area contributed by atoms with Crippen molar-refractivity contribution in [3.63, 3.8) is 0 Å². The second kappa shape index (κ2) is 6.60. The molecule has 1 aromatic heterocycles. The van der Waals surface area contributed by atoms with Crippen LogP contribution in [0.25, 0.3) is 5.69 Å². The van der Waals surface area contributed by atoms with Crippen molar-refractivity contribution in [2.75, 3.05) is 26.4 Å². The Labute approximate surface area is 131 Å². The number of hydrogen-bond acceptors (Lipinski definition) is 4. The van der Waals surface area contributed by atoms with E-state index in [1.165, 1.54) is 16.7 Å². The Morgan fingerprint density at radius 1 is 1.36 bits per heavy atom. The molecular formula is C17H23N3O2. The molecule has 5 nitrogen and oxygen atoms in total. The summed E-state index contributed by atoms with van der Waals surface area (Å²) >= 11 is 0. The molecule has 1 atom stereocenters. The van der Waals surface area contributed by atoms with Crippen LogP contribution in [-0.2, 0) is 11.3 Å². The highest BCUT2D eigenvalue weighted by molar-refractivity contribution is 5.49. The molecule has 2 aromatic rings. The third kappa shape index (κ3) is 3.06. The van der Waals surface area contributed by atoms with Gasteiger partial charge in [-0.05, 0) is 31.0 Å². The molecule has 0 spiro atoms. The van der Waals surface area contributed by atoms with Gasteiger partial charge in [0.15, 0.2) is 0 Å². The zero-order valence-corrected chi connectivity index (χ0v) is 13.2. The van der Waals surface area contributed by atoms with Gasteiger partial charge < -0.3 is 9.84 Å². The fourth-order valence-electron chi connectivity index (χ4n) is 3.18. The topological polar surface area (TPSA) is 50.5 Å². The van der Waals surface area contributed by atoms with E-state index < -0.39 is 0 Å². The summed E-state index contributed by atoms with van der Waals surface area (Å²) in [5.74, 6) is 0. The van der Waals surface area contributed by atoms with Gasteiger partial charge in [0.2, 0.25) is 0 Å². The smallest absolute Gasteiger partial charge is 0.0719 e. The number of aromatic nitrogens is 2. The van der Waals surface area contributed by atoms with E-state index in [0.29, 0.717) is 6.61 Å². The van der Waals surface area contributed by atoms with Crippen LogP contribution in [0.15, 0.2) is 30.6 Å². The number of benzene rings is 1. The maximum Gasteiger partial charge on any atom is 0.0719 e. The van der Waals surface area contributed by atoms with Crippen LogP contribution < -0.4 is 0 Å². The molecule has 0 amide bonds. The number of nitrogens with zero attached hydrogens (tertiary/aromatic N) is 3. The first kappa shape index (κ1) is 15.2. The standard InChI is InChI=1S/C17H23N3O2/c1-13-8-14(2)17(20-5-3-4-18-20)15(9-13)10-19-6-7-22-12-16(19)11-21/h3-5,8-9,16,21H,6-7,10-12H2,1-2H3/t16-/m0/s1. The number of aryl methyl sites for hydroxylation is 2. The van der Waals surface area contributed by atoms with Crippen molar-refractivity contribution in [1.82, 2.24) is 14.7 Å². The molecule has 1 N–H and O–H groups in total. The van der Waals surface area contributed by atoms with Crippen molar-refractivity contribution in [3.05, 3.63) is 47.3 Å². The van der Waals surface area contributed by atoms with E-state index in [1.54, 1.807) is 6.20 Å². The molecule has 0 saturated carbocycles. The third-order valence-electron chi connectivity index (χ3n) is 4.19. The summed E-state index contributed by atoms with van der Waals surface area (Å²) in [6.45, 7) is 7.32. The molecule has 118 valence electrons. The first-order valence-electron chi connectivity index (χ1n) is 7.72. The van der Waals surface area contributed by atoms with Gasteiger partial charge in [-0.25, -0.2) is 4.68 Å². The van der Waals surface area contributed by atoms with Gasteiger partial charge in [-0.2, -0.15) is 5.10 Å². The fraction of sp³-hybridized carbons (Fsp3) is 0.471. The highest BCUT2D eigenvalue weighted by Gasteiger charge is 2.23. The molecule has 5 heteroatoms. The summed E-state index contributed by atoms with van der Waals surface area (Å²) in [4.78, 5) is 2.30. The Bertz CT molecular complexity index is 625.